The summed E-state index contributed by atoms with van der Waals surface area (Å²) in [5.41, 5.74) is 4.88. The third-order valence-electron chi connectivity index (χ3n) is 3.63. The van der Waals surface area contributed by atoms with Crippen molar-refractivity contribution in [1.82, 2.24) is 24.7 Å². The fraction of sp³-hybridized carbons (Fsp3) is 0.250. The lowest BCUT2D eigenvalue weighted by molar-refractivity contribution is 0.102. The quantitative estimate of drug-likeness (QED) is 0.445. The van der Waals surface area contributed by atoms with Gasteiger partial charge in [0.15, 0.2) is 5.78 Å². The van der Waals surface area contributed by atoms with Crippen molar-refractivity contribution in [3.05, 3.63) is 50.9 Å². The first-order valence-corrected chi connectivity index (χ1v) is 9.02. The minimum absolute atomic E-state index is 0.140. The Hall–Kier alpha value is -3.21. The smallest absolute Gasteiger partial charge is 0.329 e. The van der Waals surface area contributed by atoms with Crippen LogP contribution < -0.4 is 17.0 Å². The van der Waals surface area contributed by atoms with Crippen LogP contribution in [0.15, 0.2) is 43.8 Å². The molecule has 0 aliphatic heterocycles. The van der Waals surface area contributed by atoms with E-state index in [1.807, 2.05) is 6.92 Å². The van der Waals surface area contributed by atoms with E-state index in [1.54, 1.807) is 24.5 Å². The van der Waals surface area contributed by atoms with E-state index in [9.17, 15) is 14.4 Å². The molecule has 0 amide bonds. The summed E-state index contributed by atoms with van der Waals surface area (Å²) in [6, 6.07) is 3.43. The number of carbonyl (C=O) groups excluding carboxylic acids is 1. The lowest BCUT2D eigenvalue weighted by Crippen LogP contribution is -2.36. The Bertz CT molecular complexity index is 1070. The number of nitrogens with two attached hydrogens (primary N) is 1. The van der Waals surface area contributed by atoms with E-state index in [0.717, 1.165) is 11.8 Å². The molecule has 3 heterocycles. The number of rotatable bonds is 7. The molecular weight excluding hydrogens is 372 g/mol. The second-order valence-corrected chi connectivity index (χ2v) is 6.42. The Morgan fingerprint density at radius 2 is 2.04 bits per heavy atom. The number of aromatic amines is 1. The van der Waals surface area contributed by atoms with Crippen LogP contribution in [0.3, 0.4) is 0 Å². The molecule has 3 N–H and O–H groups in total. The number of pyridine rings is 1. The van der Waals surface area contributed by atoms with Crippen LogP contribution >= 0.6 is 11.8 Å². The molecule has 0 bridgehead atoms. The van der Waals surface area contributed by atoms with Crippen LogP contribution in [0.2, 0.25) is 0 Å². The molecule has 10 nitrogen and oxygen atoms in total. The Kier molecular flexibility index (Phi) is 5.50. The van der Waals surface area contributed by atoms with Crippen molar-refractivity contribution >= 4 is 23.4 Å². The van der Waals surface area contributed by atoms with Gasteiger partial charge in [0.25, 0.3) is 10.8 Å². The number of H-pyrrole nitrogens is 1. The van der Waals surface area contributed by atoms with E-state index in [-0.39, 0.29) is 22.4 Å². The highest BCUT2D eigenvalue weighted by atomic mass is 32.2. The summed E-state index contributed by atoms with van der Waals surface area (Å²) in [5.74, 6) is -0.525. The molecule has 11 heteroatoms. The minimum atomic E-state index is -0.807. The maximum absolute atomic E-state index is 12.5. The average molecular weight is 388 g/mol. The Balaban J connectivity index is 1.77. The van der Waals surface area contributed by atoms with Crippen LogP contribution in [-0.2, 0) is 6.54 Å². The molecule has 0 fully saturated rings. The molecule has 0 spiro atoms. The SMILES string of the molecule is CCCn1c(N)c(C(=O)CSc2nnc(-c3ccncc3)o2)c(=O)[nH]c1=O. The zero-order valence-corrected chi connectivity index (χ0v) is 15.2. The first kappa shape index (κ1) is 18.6. The lowest BCUT2D eigenvalue weighted by atomic mass is 10.2. The highest BCUT2D eigenvalue weighted by molar-refractivity contribution is 7.99. The van der Waals surface area contributed by atoms with Gasteiger partial charge in [-0.15, -0.1) is 10.2 Å². The number of carbonyl (C=O) groups is 1. The van der Waals surface area contributed by atoms with Crippen LogP contribution in [0.25, 0.3) is 11.5 Å². The summed E-state index contributed by atoms with van der Waals surface area (Å²) in [5, 5.41) is 7.95. The molecule has 0 saturated carbocycles. The van der Waals surface area contributed by atoms with E-state index in [1.165, 1.54) is 4.57 Å². The number of aromatic nitrogens is 5. The number of nitrogen functional groups attached to an aromatic ring is 1. The van der Waals surface area contributed by atoms with Gasteiger partial charge in [-0.25, -0.2) is 4.79 Å². The first-order valence-electron chi connectivity index (χ1n) is 8.03. The van der Waals surface area contributed by atoms with Crippen LogP contribution in [0.4, 0.5) is 5.82 Å². The number of hydrogen-bond acceptors (Lipinski definition) is 9. The van der Waals surface area contributed by atoms with Crippen LogP contribution in [0, 0.1) is 0 Å². The number of thioether (sulfide) groups is 1. The van der Waals surface area contributed by atoms with E-state index in [2.05, 4.69) is 20.2 Å². The zero-order valence-electron chi connectivity index (χ0n) is 14.3. The molecule has 0 aromatic carbocycles. The highest BCUT2D eigenvalue weighted by Gasteiger charge is 2.20. The van der Waals surface area contributed by atoms with Crippen molar-refractivity contribution < 1.29 is 9.21 Å². The maximum Gasteiger partial charge on any atom is 0.329 e. The molecule has 0 unspecified atom stereocenters. The molecule has 140 valence electrons. The van der Waals surface area contributed by atoms with Gasteiger partial charge in [0.1, 0.15) is 11.4 Å². The number of nitrogens with one attached hydrogen (secondary N) is 1. The number of hydrogen-bond donors (Lipinski definition) is 2. The van der Waals surface area contributed by atoms with Gasteiger partial charge in [-0.2, -0.15) is 0 Å². The predicted molar refractivity (Wildman–Crippen MR) is 98.6 cm³/mol. The predicted octanol–water partition coefficient (Wildman–Crippen LogP) is 0.949. The van der Waals surface area contributed by atoms with Crippen LogP contribution in [0.1, 0.15) is 23.7 Å². The summed E-state index contributed by atoms with van der Waals surface area (Å²) in [6.45, 7) is 2.15. The van der Waals surface area contributed by atoms with Crippen molar-refractivity contribution in [1.29, 1.82) is 0 Å². The third-order valence-corrected chi connectivity index (χ3v) is 4.44. The number of nitrogens with zero attached hydrogens (tertiary/aromatic N) is 4. The molecule has 0 saturated heterocycles. The fourth-order valence-electron chi connectivity index (χ4n) is 2.38. The molecule has 0 aliphatic carbocycles. The largest absolute Gasteiger partial charge is 0.411 e. The number of ketones is 1. The van der Waals surface area contributed by atoms with Gasteiger partial charge in [0, 0.05) is 24.5 Å². The first-order chi connectivity index (χ1) is 13.0. The van der Waals surface area contributed by atoms with Gasteiger partial charge in [-0.3, -0.25) is 24.1 Å². The molecule has 3 aromatic heterocycles. The van der Waals surface area contributed by atoms with Gasteiger partial charge >= 0.3 is 5.69 Å². The summed E-state index contributed by atoms with van der Waals surface area (Å²) < 4.78 is 6.66. The summed E-state index contributed by atoms with van der Waals surface area (Å²) >= 11 is 0.979. The molecule has 3 aromatic rings. The molecular formula is C16H16N6O4S. The normalized spacial score (nSPS) is 10.9. The van der Waals surface area contributed by atoms with Crippen molar-refractivity contribution in [3.63, 3.8) is 0 Å². The van der Waals surface area contributed by atoms with Crippen molar-refractivity contribution in [2.24, 2.45) is 0 Å². The van der Waals surface area contributed by atoms with E-state index < -0.39 is 17.0 Å². The van der Waals surface area contributed by atoms with E-state index in [0.29, 0.717) is 24.4 Å². The average Bonchev–Trinajstić information content (AvgIpc) is 3.13. The lowest BCUT2D eigenvalue weighted by Gasteiger charge is -2.10. The topological polar surface area (TPSA) is 150 Å². The zero-order chi connectivity index (χ0) is 19.4. The van der Waals surface area contributed by atoms with Crippen LogP contribution in [-0.4, -0.2) is 36.3 Å². The molecule has 0 atom stereocenters. The Labute approximate surface area is 156 Å². The monoisotopic (exact) mass is 388 g/mol. The van der Waals surface area contributed by atoms with Gasteiger partial charge in [0.05, 0.1) is 5.75 Å². The van der Waals surface area contributed by atoms with Gasteiger partial charge in [-0.05, 0) is 18.6 Å². The maximum atomic E-state index is 12.5. The Morgan fingerprint density at radius 1 is 1.30 bits per heavy atom. The minimum Gasteiger partial charge on any atom is -0.411 e. The summed E-state index contributed by atoms with van der Waals surface area (Å²) in [4.78, 5) is 42.3. The van der Waals surface area contributed by atoms with E-state index in [4.69, 9.17) is 10.2 Å². The number of Topliss-reactive ketones (excluding diaryl/α,β-unsaturated/α-hetero) is 1. The number of anilines is 1. The summed E-state index contributed by atoms with van der Waals surface area (Å²) in [6.07, 6.45) is 3.81. The summed E-state index contributed by atoms with van der Waals surface area (Å²) in [7, 11) is 0. The molecule has 3 rings (SSSR count). The Morgan fingerprint density at radius 3 is 2.74 bits per heavy atom. The second-order valence-electron chi connectivity index (χ2n) is 5.49. The van der Waals surface area contributed by atoms with Crippen molar-refractivity contribution in [3.8, 4) is 11.5 Å². The van der Waals surface area contributed by atoms with Crippen molar-refractivity contribution in [2.75, 3.05) is 11.5 Å². The van der Waals surface area contributed by atoms with Crippen LogP contribution in [0.5, 0.6) is 0 Å². The highest BCUT2D eigenvalue weighted by Crippen LogP contribution is 2.23. The van der Waals surface area contributed by atoms with Crippen molar-refractivity contribution in [2.45, 2.75) is 25.1 Å². The van der Waals surface area contributed by atoms with Gasteiger partial charge in [-0.1, -0.05) is 18.7 Å². The molecule has 0 aliphatic rings. The molecule has 27 heavy (non-hydrogen) atoms. The fourth-order valence-corrected chi connectivity index (χ4v) is 3.02. The third kappa shape index (κ3) is 3.97. The second kappa shape index (κ2) is 7.99. The standard InChI is InChI=1S/C16H16N6O4S/c1-2-7-22-12(17)11(13(24)19-15(22)25)10(23)8-27-16-21-20-14(26-16)9-3-5-18-6-4-9/h3-6H,2,7-8,17H2,1H3,(H,19,24,25). The van der Waals surface area contributed by atoms with Gasteiger partial charge < -0.3 is 10.2 Å². The van der Waals surface area contributed by atoms with Gasteiger partial charge in [0.2, 0.25) is 5.89 Å². The molecule has 0 radical (unpaired) electrons. The van der Waals surface area contributed by atoms with E-state index >= 15 is 0 Å².